The number of nitrogens with zero attached hydrogens (tertiary/aromatic N) is 4. The number of nitrogens with one attached hydrogen (secondary N) is 1. The van der Waals surface area contributed by atoms with Gasteiger partial charge in [-0.1, -0.05) is 54.3 Å². The summed E-state index contributed by atoms with van der Waals surface area (Å²) >= 11 is 0. The monoisotopic (exact) mass is 420 g/mol. The van der Waals surface area contributed by atoms with Crippen LogP contribution in [0.15, 0.2) is 33.9 Å². The molecular formula is C20H29ClN6O2. The van der Waals surface area contributed by atoms with Crippen molar-refractivity contribution in [2.75, 3.05) is 19.7 Å². The number of rotatable bonds is 8. The van der Waals surface area contributed by atoms with E-state index in [0.717, 1.165) is 42.6 Å². The summed E-state index contributed by atoms with van der Waals surface area (Å²) in [4.78, 5) is 11.7. The first kappa shape index (κ1) is 22.7. The zero-order valence-electron chi connectivity index (χ0n) is 16.9. The van der Waals surface area contributed by atoms with Crippen LogP contribution in [0.25, 0.3) is 11.4 Å². The highest BCUT2D eigenvalue weighted by Crippen LogP contribution is 2.27. The van der Waals surface area contributed by atoms with Crippen LogP contribution in [0, 0.1) is 5.41 Å². The second kappa shape index (κ2) is 10.8. The predicted molar refractivity (Wildman–Crippen MR) is 116 cm³/mol. The molecule has 9 heteroatoms. The maximum Gasteiger partial charge on any atom is 0.231 e. The van der Waals surface area contributed by atoms with Crippen molar-refractivity contribution in [3.8, 4) is 11.4 Å². The number of benzene rings is 1. The first-order chi connectivity index (χ1) is 13.6. The van der Waals surface area contributed by atoms with Gasteiger partial charge < -0.3 is 20.0 Å². The minimum Gasteiger partial charge on any atom is -0.396 e. The van der Waals surface area contributed by atoms with E-state index < -0.39 is 0 Å². The maximum atomic E-state index is 7.53. The van der Waals surface area contributed by atoms with Crippen LogP contribution in [0.3, 0.4) is 0 Å². The van der Waals surface area contributed by atoms with Gasteiger partial charge in [0.1, 0.15) is 6.61 Å². The Bertz CT molecular complexity index is 821. The highest BCUT2D eigenvalue weighted by Gasteiger charge is 2.29. The molecule has 158 valence electrons. The lowest BCUT2D eigenvalue weighted by molar-refractivity contribution is 0.140. The Balaban J connectivity index is 0.00000300. The smallest absolute Gasteiger partial charge is 0.231 e. The highest BCUT2D eigenvalue weighted by molar-refractivity contribution is 5.98. The van der Waals surface area contributed by atoms with Gasteiger partial charge in [0.25, 0.3) is 0 Å². The first-order valence-corrected chi connectivity index (χ1v) is 9.78. The van der Waals surface area contributed by atoms with Crippen LogP contribution in [0.5, 0.6) is 0 Å². The molecule has 1 aromatic carbocycles. The molecule has 3 rings (SSSR count). The fourth-order valence-corrected chi connectivity index (χ4v) is 3.17. The van der Waals surface area contributed by atoms with Crippen molar-refractivity contribution in [2.45, 2.75) is 45.4 Å². The number of unbranched alkanes of at least 4 members (excludes halogenated alkanes) is 2. The van der Waals surface area contributed by atoms with E-state index in [1.54, 1.807) is 0 Å². The van der Waals surface area contributed by atoms with Crippen LogP contribution in [-0.4, -0.2) is 46.4 Å². The second-order valence-electron chi connectivity index (χ2n) is 7.07. The van der Waals surface area contributed by atoms with Gasteiger partial charge in [0.05, 0.1) is 11.6 Å². The molecule has 0 aliphatic carbocycles. The molecule has 0 unspecified atom stereocenters. The summed E-state index contributed by atoms with van der Waals surface area (Å²) in [5, 5.41) is 15.8. The minimum absolute atomic E-state index is 0. The Morgan fingerprint density at radius 1 is 1.34 bits per heavy atom. The SMILES string of the molecule is CCCCCO/N=C(/C)c1ccc(-c2noc([C@@H]3CCN(C(=N)N)C3)n2)cc1.Cl. The molecule has 1 aromatic heterocycles. The molecule has 0 amide bonds. The fourth-order valence-electron chi connectivity index (χ4n) is 3.17. The topological polar surface area (TPSA) is 114 Å². The molecule has 1 aliphatic rings. The van der Waals surface area contributed by atoms with Crippen LogP contribution in [-0.2, 0) is 4.84 Å². The Hall–Kier alpha value is -2.61. The van der Waals surface area contributed by atoms with Gasteiger partial charge >= 0.3 is 0 Å². The van der Waals surface area contributed by atoms with Crippen molar-refractivity contribution in [3.63, 3.8) is 0 Å². The van der Waals surface area contributed by atoms with Crippen molar-refractivity contribution >= 4 is 24.1 Å². The first-order valence-electron chi connectivity index (χ1n) is 9.78. The summed E-state index contributed by atoms with van der Waals surface area (Å²) in [7, 11) is 0. The number of likely N-dealkylation sites (tertiary alicyclic amines) is 1. The van der Waals surface area contributed by atoms with Crippen LogP contribution in [0.2, 0.25) is 0 Å². The lowest BCUT2D eigenvalue weighted by Gasteiger charge is -2.14. The van der Waals surface area contributed by atoms with Crippen LogP contribution < -0.4 is 5.73 Å². The molecule has 1 aliphatic heterocycles. The van der Waals surface area contributed by atoms with Crippen LogP contribution in [0.1, 0.15) is 56.9 Å². The number of halogens is 1. The quantitative estimate of drug-likeness (QED) is 0.291. The summed E-state index contributed by atoms with van der Waals surface area (Å²) in [5.74, 6) is 1.36. The van der Waals surface area contributed by atoms with E-state index in [1.807, 2.05) is 36.1 Å². The zero-order chi connectivity index (χ0) is 19.9. The molecule has 0 radical (unpaired) electrons. The molecule has 2 aromatic rings. The molecule has 0 bridgehead atoms. The summed E-state index contributed by atoms with van der Waals surface area (Å²) in [6, 6.07) is 7.87. The van der Waals surface area contributed by atoms with Gasteiger partial charge in [0.2, 0.25) is 11.7 Å². The zero-order valence-corrected chi connectivity index (χ0v) is 17.7. The molecule has 0 saturated carbocycles. The number of guanidine groups is 1. The van der Waals surface area contributed by atoms with E-state index in [0.29, 0.717) is 24.9 Å². The van der Waals surface area contributed by atoms with Gasteiger partial charge in [-0.15, -0.1) is 12.4 Å². The van der Waals surface area contributed by atoms with Gasteiger partial charge in [0, 0.05) is 18.7 Å². The molecule has 8 nitrogen and oxygen atoms in total. The average molecular weight is 421 g/mol. The summed E-state index contributed by atoms with van der Waals surface area (Å²) in [6.07, 6.45) is 4.20. The van der Waals surface area contributed by atoms with Crippen molar-refractivity contribution in [2.24, 2.45) is 10.9 Å². The molecule has 1 saturated heterocycles. The molecule has 3 N–H and O–H groups in total. The van der Waals surface area contributed by atoms with Crippen LogP contribution >= 0.6 is 12.4 Å². The van der Waals surface area contributed by atoms with Gasteiger partial charge in [-0.05, 0) is 25.3 Å². The Morgan fingerprint density at radius 2 is 2.10 bits per heavy atom. The molecule has 29 heavy (non-hydrogen) atoms. The van der Waals surface area contributed by atoms with Gasteiger partial charge in [-0.25, -0.2) is 0 Å². The largest absolute Gasteiger partial charge is 0.396 e. The number of hydrogen-bond acceptors (Lipinski definition) is 6. The molecule has 2 heterocycles. The molecule has 1 atom stereocenters. The van der Waals surface area contributed by atoms with Crippen LogP contribution in [0.4, 0.5) is 0 Å². The van der Waals surface area contributed by atoms with Crippen molar-refractivity contribution in [1.29, 1.82) is 5.41 Å². The van der Waals surface area contributed by atoms with E-state index in [1.165, 1.54) is 6.42 Å². The normalized spacial score (nSPS) is 16.6. The predicted octanol–water partition coefficient (Wildman–Crippen LogP) is 3.77. The number of aromatic nitrogens is 2. The molecular weight excluding hydrogens is 392 g/mol. The summed E-state index contributed by atoms with van der Waals surface area (Å²) < 4.78 is 5.45. The van der Waals surface area contributed by atoms with E-state index in [9.17, 15) is 0 Å². The standard InChI is InChI=1S/C20H28N6O2.ClH/c1-3-4-5-12-27-24-14(2)15-6-8-16(9-7-15)18-23-19(28-25-18)17-10-11-26(13-17)20(21)22;/h6-9,17H,3-5,10-13H2,1-2H3,(H3,21,22);1H/b24-14-;/t17-;/m1./s1. The third-order valence-electron chi connectivity index (χ3n) is 4.92. The van der Waals surface area contributed by atoms with E-state index >= 15 is 0 Å². The Morgan fingerprint density at radius 3 is 2.76 bits per heavy atom. The maximum absolute atomic E-state index is 7.53. The second-order valence-corrected chi connectivity index (χ2v) is 7.07. The third-order valence-corrected chi connectivity index (χ3v) is 4.92. The van der Waals surface area contributed by atoms with Gasteiger partial charge in [-0.3, -0.25) is 5.41 Å². The minimum atomic E-state index is 0. The van der Waals surface area contributed by atoms with Gasteiger partial charge in [0.15, 0.2) is 5.96 Å². The van der Waals surface area contributed by atoms with Crippen molar-refractivity contribution in [3.05, 3.63) is 35.7 Å². The highest BCUT2D eigenvalue weighted by atomic mass is 35.5. The lowest BCUT2D eigenvalue weighted by atomic mass is 10.1. The molecule has 0 spiro atoms. The number of hydrogen-bond donors (Lipinski definition) is 2. The summed E-state index contributed by atoms with van der Waals surface area (Å²) in [6.45, 7) is 6.13. The van der Waals surface area contributed by atoms with Crippen molar-refractivity contribution < 1.29 is 9.36 Å². The summed E-state index contributed by atoms with van der Waals surface area (Å²) in [5.41, 5.74) is 8.27. The third kappa shape index (κ3) is 5.93. The lowest BCUT2D eigenvalue weighted by Crippen LogP contribution is -2.34. The van der Waals surface area contributed by atoms with E-state index in [-0.39, 0.29) is 24.3 Å². The van der Waals surface area contributed by atoms with Gasteiger partial charge in [-0.2, -0.15) is 4.98 Å². The molecule has 1 fully saturated rings. The Labute approximate surface area is 177 Å². The number of oxime groups is 1. The van der Waals surface area contributed by atoms with E-state index in [2.05, 4.69) is 22.2 Å². The number of nitrogens with two attached hydrogens (primary N) is 1. The average Bonchev–Trinajstić information content (AvgIpc) is 3.37. The van der Waals surface area contributed by atoms with E-state index in [4.69, 9.17) is 20.5 Å². The fraction of sp³-hybridized carbons (Fsp3) is 0.500. The Kier molecular flexibility index (Phi) is 8.45. The van der Waals surface area contributed by atoms with Crippen molar-refractivity contribution in [1.82, 2.24) is 15.0 Å².